The first-order chi connectivity index (χ1) is 14.7. The average Bonchev–Trinajstić information content (AvgIpc) is 2.97. The summed E-state index contributed by atoms with van der Waals surface area (Å²) in [5.41, 5.74) is 1.12. The second kappa shape index (κ2) is 8.85. The highest BCUT2D eigenvalue weighted by Gasteiger charge is 2.48. The van der Waals surface area contributed by atoms with Crippen LogP contribution in [0, 0.1) is 11.3 Å². The molecule has 3 amide bonds. The van der Waals surface area contributed by atoms with E-state index in [0.717, 1.165) is 16.0 Å². The molecule has 1 saturated heterocycles. The zero-order chi connectivity index (χ0) is 22.6. The van der Waals surface area contributed by atoms with Crippen LogP contribution in [-0.2, 0) is 14.3 Å². The number of hydrogen-bond donors (Lipinski definition) is 1. The zero-order valence-electron chi connectivity index (χ0n) is 17.0. The number of nitrogens with zero attached hydrogens (tertiary/aromatic N) is 3. The van der Waals surface area contributed by atoms with Gasteiger partial charge in [0.2, 0.25) is 6.41 Å². The van der Waals surface area contributed by atoms with Gasteiger partial charge in [-0.3, -0.25) is 14.8 Å². The molecule has 160 valence electrons. The molecule has 0 saturated carbocycles. The lowest BCUT2D eigenvalue weighted by Gasteiger charge is -2.25. The molecule has 1 fully saturated rings. The Hall–Kier alpha value is -3.90. The second-order valence-corrected chi connectivity index (χ2v) is 7.46. The Morgan fingerprint density at radius 3 is 2.23 bits per heavy atom. The molecule has 0 radical (unpaired) electrons. The molecule has 2 aromatic carbocycles. The van der Waals surface area contributed by atoms with E-state index in [4.69, 9.17) is 14.7 Å². The van der Waals surface area contributed by atoms with Crippen molar-refractivity contribution in [3.8, 4) is 22.9 Å². The third-order valence-corrected chi connectivity index (χ3v) is 4.84. The van der Waals surface area contributed by atoms with Crippen LogP contribution in [-0.4, -0.2) is 58.4 Å². The van der Waals surface area contributed by atoms with Gasteiger partial charge in [0.05, 0.1) is 18.2 Å². The summed E-state index contributed by atoms with van der Waals surface area (Å²) in [4.78, 5) is 36.2. The Kier molecular flexibility index (Phi) is 6.22. The molecule has 1 aliphatic rings. The minimum atomic E-state index is -1.30. The smallest absolute Gasteiger partial charge is 0.417 e. The Morgan fingerprint density at radius 2 is 1.74 bits per heavy atom. The Morgan fingerprint density at radius 1 is 1.16 bits per heavy atom. The highest BCUT2D eigenvalue weighted by Crippen LogP contribution is 2.25. The first-order valence-corrected chi connectivity index (χ1v) is 9.46. The van der Waals surface area contributed by atoms with Crippen LogP contribution in [0.2, 0.25) is 0 Å². The van der Waals surface area contributed by atoms with Crippen LogP contribution < -0.4 is 4.74 Å². The number of cyclic esters (lactones) is 1. The van der Waals surface area contributed by atoms with Gasteiger partial charge in [-0.15, -0.1) is 0 Å². The molecule has 0 bridgehead atoms. The van der Waals surface area contributed by atoms with Gasteiger partial charge in [0, 0.05) is 0 Å². The van der Waals surface area contributed by atoms with Crippen molar-refractivity contribution in [2.75, 3.05) is 13.2 Å². The molecule has 9 heteroatoms. The standard InChI is InChI=1S/C22H21N3O6/c1-22(2)20(27)24(21(28)31-22)12-18(25(29)14-26)13-30-19-9-7-17(8-10-19)16-5-3-15(11-23)4-6-16/h3-10,14,18,29H,12-13H2,1-2H3. The maximum Gasteiger partial charge on any atom is 0.417 e. The largest absolute Gasteiger partial charge is 0.491 e. The van der Waals surface area contributed by atoms with E-state index in [0.29, 0.717) is 16.4 Å². The van der Waals surface area contributed by atoms with Crippen molar-refractivity contribution >= 4 is 18.4 Å². The van der Waals surface area contributed by atoms with Gasteiger partial charge in [-0.25, -0.2) is 14.8 Å². The highest BCUT2D eigenvalue weighted by molar-refractivity contribution is 6.02. The fourth-order valence-electron chi connectivity index (χ4n) is 3.07. The quantitative estimate of drug-likeness (QED) is 0.394. The van der Waals surface area contributed by atoms with Gasteiger partial charge in [-0.2, -0.15) is 5.26 Å². The molecule has 3 rings (SSSR count). The second-order valence-electron chi connectivity index (χ2n) is 7.46. The minimum Gasteiger partial charge on any atom is -0.491 e. The highest BCUT2D eigenvalue weighted by atomic mass is 16.6. The molecule has 1 N–H and O–H groups in total. The van der Waals surface area contributed by atoms with E-state index in [9.17, 15) is 19.6 Å². The summed E-state index contributed by atoms with van der Waals surface area (Å²) >= 11 is 0. The van der Waals surface area contributed by atoms with Gasteiger partial charge in [-0.1, -0.05) is 24.3 Å². The third-order valence-electron chi connectivity index (χ3n) is 4.84. The lowest BCUT2D eigenvalue weighted by molar-refractivity contribution is -0.165. The number of benzene rings is 2. The van der Waals surface area contributed by atoms with E-state index >= 15 is 0 Å². The molecule has 0 aliphatic carbocycles. The molecule has 1 atom stereocenters. The number of ether oxygens (including phenoxy) is 2. The fourth-order valence-corrected chi connectivity index (χ4v) is 3.07. The van der Waals surface area contributed by atoms with Crippen LogP contribution in [0.4, 0.5) is 4.79 Å². The first kappa shape index (κ1) is 21.8. The number of amides is 3. The van der Waals surface area contributed by atoms with E-state index in [2.05, 4.69) is 6.07 Å². The fraction of sp³-hybridized carbons (Fsp3) is 0.273. The van der Waals surface area contributed by atoms with Gasteiger partial charge in [0.25, 0.3) is 5.91 Å². The van der Waals surface area contributed by atoms with Crippen LogP contribution in [0.1, 0.15) is 19.4 Å². The van der Waals surface area contributed by atoms with Crippen LogP contribution in [0.5, 0.6) is 5.75 Å². The van der Waals surface area contributed by atoms with Crippen molar-refractivity contribution in [2.24, 2.45) is 0 Å². The number of rotatable bonds is 8. The van der Waals surface area contributed by atoms with E-state index in [1.54, 1.807) is 24.3 Å². The molecule has 31 heavy (non-hydrogen) atoms. The Labute approximate surface area is 179 Å². The predicted octanol–water partition coefficient (Wildman–Crippen LogP) is 2.58. The Bertz CT molecular complexity index is 1010. The van der Waals surface area contributed by atoms with Gasteiger partial charge in [-0.05, 0) is 49.2 Å². The van der Waals surface area contributed by atoms with E-state index in [1.165, 1.54) is 13.8 Å². The molecule has 0 aromatic heterocycles. The number of imide groups is 1. The summed E-state index contributed by atoms with van der Waals surface area (Å²) in [6.45, 7) is 2.48. The van der Waals surface area contributed by atoms with E-state index in [-0.39, 0.29) is 19.6 Å². The summed E-state index contributed by atoms with van der Waals surface area (Å²) < 4.78 is 10.7. The summed E-state index contributed by atoms with van der Waals surface area (Å²) in [5.74, 6) is -0.0917. The van der Waals surface area contributed by atoms with Crippen LogP contribution >= 0.6 is 0 Å². The molecule has 1 heterocycles. The van der Waals surface area contributed by atoms with Gasteiger partial charge >= 0.3 is 6.09 Å². The van der Waals surface area contributed by atoms with E-state index in [1.807, 2.05) is 24.3 Å². The average molecular weight is 423 g/mol. The van der Waals surface area contributed by atoms with Crippen molar-refractivity contribution in [1.29, 1.82) is 5.26 Å². The summed E-state index contributed by atoms with van der Waals surface area (Å²) in [5, 5.41) is 19.1. The minimum absolute atomic E-state index is 0.164. The third kappa shape index (κ3) is 4.82. The summed E-state index contributed by atoms with van der Waals surface area (Å²) in [7, 11) is 0. The maximum absolute atomic E-state index is 12.3. The molecule has 9 nitrogen and oxygen atoms in total. The van der Waals surface area contributed by atoms with Crippen molar-refractivity contribution in [3.05, 3.63) is 54.1 Å². The zero-order valence-corrected chi connectivity index (χ0v) is 17.0. The summed E-state index contributed by atoms with van der Waals surface area (Å²) in [6, 6.07) is 15.3. The lowest BCUT2D eigenvalue weighted by atomic mass is 10.0. The summed E-state index contributed by atoms with van der Waals surface area (Å²) in [6.07, 6.45) is -0.662. The molecule has 0 spiro atoms. The predicted molar refractivity (Wildman–Crippen MR) is 108 cm³/mol. The number of carbonyl (C=O) groups excluding carboxylic acids is 3. The first-order valence-electron chi connectivity index (χ1n) is 9.46. The van der Waals surface area contributed by atoms with Gasteiger partial charge < -0.3 is 9.47 Å². The van der Waals surface area contributed by atoms with Crippen molar-refractivity contribution in [2.45, 2.75) is 25.5 Å². The van der Waals surface area contributed by atoms with Crippen LogP contribution in [0.25, 0.3) is 11.1 Å². The maximum atomic E-state index is 12.3. The Balaban J connectivity index is 1.66. The topological polar surface area (TPSA) is 120 Å². The molecule has 1 unspecified atom stereocenters. The number of nitriles is 1. The molecule has 1 aliphatic heterocycles. The number of hydroxylamine groups is 2. The van der Waals surface area contributed by atoms with Gasteiger partial charge in [0.1, 0.15) is 18.4 Å². The van der Waals surface area contributed by atoms with Crippen LogP contribution in [0.3, 0.4) is 0 Å². The normalized spacial score (nSPS) is 15.7. The van der Waals surface area contributed by atoms with Gasteiger partial charge in [0.15, 0.2) is 5.60 Å². The SMILES string of the molecule is CC1(C)OC(=O)N(CC(COc2ccc(-c3ccc(C#N)cc3)cc2)N(O)C=O)C1=O. The van der Waals surface area contributed by atoms with Crippen molar-refractivity contribution in [1.82, 2.24) is 9.96 Å². The number of carbonyl (C=O) groups is 3. The van der Waals surface area contributed by atoms with Crippen molar-refractivity contribution < 1.29 is 29.1 Å². The lowest BCUT2D eigenvalue weighted by Crippen LogP contribution is -2.48. The van der Waals surface area contributed by atoms with E-state index < -0.39 is 23.6 Å². The molecular formula is C22H21N3O6. The van der Waals surface area contributed by atoms with Crippen molar-refractivity contribution in [3.63, 3.8) is 0 Å². The van der Waals surface area contributed by atoms with Crippen LogP contribution in [0.15, 0.2) is 48.5 Å². The number of hydrogen-bond acceptors (Lipinski definition) is 7. The molecular weight excluding hydrogens is 402 g/mol. The molecule has 2 aromatic rings. The monoisotopic (exact) mass is 423 g/mol.